The zero-order valence-corrected chi connectivity index (χ0v) is 12.8. The Morgan fingerprint density at radius 1 is 0.947 bits per heavy atom. The van der Waals surface area contributed by atoms with E-state index in [9.17, 15) is 5.11 Å². The second-order valence-corrected chi connectivity index (χ2v) is 5.83. The quantitative estimate of drug-likeness (QED) is 0.571. The molecular weight excluding hydrogens is 256 g/mol. The van der Waals surface area contributed by atoms with E-state index in [4.69, 9.17) is 11.6 Å². The van der Waals surface area contributed by atoms with Crippen LogP contribution in [0.2, 0.25) is 5.02 Å². The van der Waals surface area contributed by atoms with Crippen molar-refractivity contribution in [3.63, 3.8) is 0 Å². The molecule has 0 saturated heterocycles. The standard InChI is InChI=1S/C17H27ClO/c1-2-3-4-5-6-7-8-9-17(19)14-15-10-12-16(18)13-11-15/h10-13,17,19H,2-9,14H2,1H3. The lowest BCUT2D eigenvalue weighted by Gasteiger charge is -2.10. The third-order valence-electron chi connectivity index (χ3n) is 3.53. The van der Waals surface area contributed by atoms with Gasteiger partial charge in [-0.1, -0.05) is 75.6 Å². The van der Waals surface area contributed by atoms with Gasteiger partial charge in [0.25, 0.3) is 0 Å². The third kappa shape index (κ3) is 8.28. The minimum atomic E-state index is -0.211. The molecule has 1 unspecified atom stereocenters. The first-order valence-electron chi connectivity index (χ1n) is 7.65. The van der Waals surface area contributed by atoms with Crippen LogP contribution in [0.15, 0.2) is 24.3 Å². The largest absolute Gasteiger partial charge is 0.393 e. The first-order valence-corrected chi connectivity index (χ1v) is 8.02. The topological polar surface area (TPSA) is 20.2 Å². The molecule has 0 fully saturated rings. The first kappa shape index (κ1) is 16.5. The molecule has 0 radical (unpaired) electrons. The third-order valence-corrected chi connectivity index (χ3v) is 3.78. The maximum atomic E-state index is 9.98. The van der Waals surface area contributed by atoms with E-state index >= 15 is 0 Å². The minimum Gasteiger partial charge on any atom is -0.393 e. The number of hydrogen-bond donors (Lipinski definition) is 1. The lowest BCUT2D eigenvalue weighted by atomic mass is 10.0. The average molecular weight is 283 g/mol. The summed E-state index contributed by atoms with van der Waals surface area (Å²) in [5, 5.41) is 10.7. The Morgan fingerprint density at radius 2 is 1.53 bits per heavy atom. The van der Waals surface area contributed by atoms with Gasteiger partial charge >= 0.3 is 0 Å². The predicted octanol–water partition coefficient (Wildman–Crippen LogP) is 5.38. The van der Waals surface area contributed by atoms with Crippen molar-refractivity contribution >= 4 is 11.6 Å². The van der Waals surface area contributed by atoms with E-state index in [-0.39, 0.29) is 6.10 Å². The number of benzene rings is 1. The van der Waals surface area contributed by atoms with Crippen LogP contribution in [-0.4, -0.2) is 11.2 Å². The molecule has 0 aliphatic carbocycles. The maximum absolute atomic E-state index is 9.98. The minimum absolute atomic E-state index is 0.211. The molecule has 0 amide bonds. The lowest BCUT2D eigenvalue weighted by Crippen LogP contribution is -2.10. The summed E-state index contributed by atoms with van der Waals surface area (Å²) in [4.78, 5) is 0. The Morgan fingerprint density at radius 3 is 2.16 bits per heavy atom. The Bertz CT molecular complexity index is 321. The summed E-state index contributed by atoms with van der Waals surface area (Å²) in [7, 11) is 0. The number of hydrogen-bond acceptors (Lipinski definition) is 1. The van der Waals surface area contributed by atoms with Gasteiger partial charge in [0.1, 0.15) is 0 Å². The fourth-order valence-electron chi connectivity index (χ4n) is 2.33. The van der Waals surface area contributed by atoms with E-state index < -0.39 is 0 Å². The lowest BCUT2D eigenvalue weighted by molar-refractivity contribution is 0.161. The van der Waals surface area contributed by atoms with Crippen molar-refractivity contribution in [2.75, 3.05) is 0 Å². The van der Waals surface area contributed by atoms with Crippen molar-refractivity contribution in [1.29, 1.82) is 0 Å². The summed E-state index contributed by atoms with van der Waals surface area (Å²) in [5.41, 5.74) is 1.17. The van der Waals surface area contributed by atoms with Crippen molar-refractivity contribution in [3.8, 4) is 0 Å². The van der Waals surface area contributed by atoms with Gasteiger partial charge in [-0.05, 0) is 30.5 Å². The molecular formula is C17H27ClO. The molecule has 1 atom stereocenters. The number of rotatable bonds is 10. The molecule has 0 heterocycles. The van der Waals surface area contributed by atoms with Crippen LogP contribution in [0.3, 0.4) is 0 Å². The first-order chi connectivity index (χ1) is 9.22. The van der Waals surface area contributed by atoms with Gasteiger partial charge in [-0.3, -0.25) is 0 Å². The van der Waals surface area contributed by atoms with E-state index in [0.29, 0.717) is 0 Å². The molecule has 1 rings (SSSR count). The normalized spacial score (nSPS) is 12.6. The molecule has 0 aromatic heterocycles. The highest BCUT2D eigenvalue weighted by Crippen LogP contribution is 2.14. The van der Waals surface area contributed by atoms with Crippen LogP contribution in [-0.2, 0) is 6.42 Å². The highest BCUT2D eigenvalue weighted by molar-refractivity contribution is 6.30. The predicted molar refractivity (Wildman–Crippen MR) is 83.8 cm³/mol. The van der Waals surface area contributed by atoms with Crippen LogP contribution < -0.4 is 0 Å². The monoisotopic (exact) mass is 282 g/mol. The molecule has 1 nitrogen and oxygen atoms in total. The molecule has 1 N–H and O–H groups in total. The highest BCUT2D eigenvalue weighted by Gasteiger charge is 2.05. The van der Waals surface area contributed by atoms with Gasteiger partial charge in [-0.2, -0.15) is 0 Å². The molecule has 0 bridgehead atoms. The summed E-state index contributed by atoms with van der Waals surface area (Å²) < 4.78 is 0. The molecule has 0 aliphatic heterocycles. The van der Waals surface area contributed by atoms with Crippen molar-refractivity contribution in [1.82, 2.24) is 0 Å². The summed E-state index contributed by atoms with van der Waals surface area (Å²) in [5.74, 6) is 0. The Balaban J connectivity index is 2.04. The van der Waals surface area contributed by atoms with Gasteiger partial charge in [0.15, 0.2) is 0 Å². The van der Waals surface area contributed by atoms with Gasteiger partial charge in [0.05, 0.1) is 6.10 Å². The van der Waals surface area contributed by atoms with Gasteiger partial charge < -0.3 is 5.11 Å². The molecule has 2 heteroatoms. The molecule has 108 valence electrons. The van der Waals surface area contributed by atoms with Crippen LogP contribution in [0.1, 0.15) is 63.9 Å². The summed E-state index contributed by atoms with van der Waals surface area (Å²) in [6, 6.07) is 7.77. The molecule has 0 aliphatic rings. The molecule has 1 aromatic rings. The van der Waals surface area contributed by atoms with Crippen molar-refractivity contribution < 1.29 is 5.11 Å². The van der Waals surface area contributed by atoms with Gasteiger partial charge in [-0.25, -0.2) is 0 Å². The van der Waals surface area contributed by atoms with Gasteiger partial charge in [0.2, 0.25) is 0 Å². The van der Waals surface area contributed by atoms with E-state index in [1.165, 1.54) is 44.1 Å². The molecule has 1 aromatic carbocycles. The Hall–Kier alpha value is -0.530. The number of unbranched alkanes of at least 4 members (excludes halogenated alkanes) is 6. The molecule has 0 spiro atoms. The fraction of sp³-hybridized carbons (Fsp3) is 0.647. The van der Waals surface area contributed by atoms with Crippen LogP contribution in [0, 0.1) is 0 Å². The van der Waals surface area contributed by atoms with Crippen LogP contribution in [0.5, 0.6) is 0 Å². The van der Waals surface area contributed by atoms with E-state index in [1.54, 1.807) is 0 Å². The number of halogens is 1. The van der Waals surface area contributed by atoms with Crippen molar-refractivity contribution in [3.05, 3.63) is 34.9 Å². The zero-order valence-electron chi connectivity index (χ0n) is 12.1. The molecule has 19 heavy (non-hydrogen) atoms. The number of aliphatic hydroxyl groups is 1. The molecule has 0 saturated carbocycles. The van der Waals surface area contributed by atoms with Crippen LogP contribution in [0.25, 0.3) is 0 Å². The van der Waals surface area contributed by atoms with E-state index in [2.05, 4.69) is 6.92 Å². The van der Waals surface area contributed by atoms with E-state index in [0.717, 1.165) is 24.3 Å². The van der Waals surface area contributed by atoms with Gasteiger partial charge in [0, 0.05) is 5.02 Å². The van der Waals surface area contributed by atoms with Crippen molar-refractivity contribution in [2.24, 2.45) is 0 Å². The average Bonchev–Trinajstić information content (AvgIpc) is 2.40. The number of aliphatic hydroxyl groups excluding tert-OH is 1. The highest BCUT2D eigenvalue weighted by atomic mass is 35.5. The second-order valence-electron chi connectivity index (χ2n) is 5.39. The van der Waals surface area contributed by atoms with Crippen molar-refractivity contribution in [2.45, 2.75) is 70.8 Å². The maximum Gasteiger partial charge on any atom is 0.0580 e. The van der Waals surface area contributed by atoms with E-state index in [1.807, 2.05) is 24.3 Å². The smallest absolute Gasteiger partial charge is 0.0580 e. The van der Waals surface area contributed by atoms with Crippen LogP contribution in [0.4, 0.5) is 0 Å². The Labute approximate surface area is 123 Å². The summed E-state index contributed by atoms with van der Waals surface area (Å²) in [6.45, 7) is 2.24. The fourth-order valence-corrected chi connectivity index (χ4v) is 2.46. The second kappa shape index (κ2) is 10.3. The zero-order chi connectivity index (χ0) is 13.9. The SMILES string of the molecule is CCCCCCCCCC(O)Cc1ccc(Cl)cc1. The van der Waals surface area contributed by atoms with Gasteiger partial charge in [-0.15, -0.1) is 0 Å². The van der Waals surface area contributed by atoms with Crippen LogP contribution >= 0.6 is 11.6 Å². The summed E-state index contributed by atoms with van der Waals surface area (Å²) >= 11 is 5.84. The summed E-state index contributed by atoms with van der Waals surface area (Å²) in [6.07, 6.45) is 10.5. The Kier molecular flexibility index (Phi) is 8.94.